The van der Waals surface area contributed by atoms with E-state index >= 15 is 0 Å². The molecule has 0 aliphatic rings. The molecule has 2 heterocycles. The molecule has 19 heavy (non-hydrogen) atoms. The van der Waals surface area contributed by atoms with E-state index < -0.39 is 0 Å². The fraction of sp³-hybridized carbons (Fsp3) is 0.231. The summed E-state index contributed by atoms with van der Waals surface area (Å²) in [5.74, 6) is -0.662. The summed E-state index contributed by atoms with van der Waals surface area (Å²) in [5, 5.41) is 6.58. The van der Waals surface area contributed by atoms with Crippen LogP contribution < -0.4 is 5.32 Å². The molecule has 0 fully saturated rings. The van der Waals surface area contributed by atoms with Crippen molar-refractivity contribution in [1.29, 1.82) is 0 Å². The largest absolute Gasteiger partial charge is 0.342 e. The Bertz CT molecular complexity index is 604. The Morgan fingerprint density at radius 2 is 2.11 bits per heavy atom. The van der Waals surface area contributed by atoms with Gasteiger partial charge < -0.3 is 5.32 Å². The number of amides is 1. The van der Waals surface area contributed by atoms with Gasteiger partial charge in [0.2, 0.25) is 0 Å². The van der Waals surface area contributed by atoms with Crippen LogP contribution in [0, 0.1) is 13.8 Å². The van der Waals surface area contributed by atoms with Gasteiger partial charge in [0.1, 0.15) is 5.69 Å². The third-order valence-corrected chi connectivity index (χ3v) is 2.54. The third-order valence-electron chi connectivity index (χ3n) is 2.54. The van der Waals surface area contributed by atoms with Crippen molar-refractivity contribution in [3.63, 3.8) is 0 Å². The van der Waals surface area contributed by atoms with Gasteiger partial charge in [0.05, 0.1) is 12.2 Å². The van der Waals surface area contributed by atoms with E-state index in [4.69, 9.17) is 0 Å². The number of aromatic nitrogens is 3. The summed E-state index contributed by atoms with van der Waals surface area (Å²) >= 11 is 0. The molecule has 98 valence electrons. The van der Waals surface area contributed by atoms with Gasteiger partial charge >= 0.3 is 0 Å². The van der Waals surface area contributed by atoms with Crippen LogP contribution in [0.2, 0.25) is 0 Å². The van der Waals surface area contributed by atoms with Gasteiger partial charge in [-0.1, -0.05) is 6.07 Å². The lowest BCUT2D eigenvalue weighted by molar-refractivity contribution is 0.0846. The summed E-state index contributed by atoms with van der Waals surface area (Å²) in [6.07, 6.45) is 1.53. The zero-order valence-corrected chi connectivity index (χ0v) is 10.8. The van der Waals surface area contributed by atoms with Gasteiger partial charge in [0.15, 0.2) is 0 Å². The predicted molar refractivity (Wildman–Crippen MR) is 68.9 cm³/mol. The van der Waals surface area contributed by atoms with Gasteiger partial charge in [-0.05, 0) is 32.0 Å². The lowest BCUT2D eigenvalue weighted by atomic mass is 10.3. The quantitative estimate of drug-likeness (QED) is 0.889. The first-order chi connectivity index (χ1) is 9.08. The zero-order chi connectivity index (χ0) is 13.8. The minimum absolute atomic E-state index is 0.114. The van der Waals surface area contributed by atoms with Crippen molar-refractivity contribution in [1.82, 2.24) is 20.1 Å². The molecule has 2 aromatic heterocycles. The first-order valence-electron chi connectivity index (χ1n) is 5.83. The van der Waals surface area contributed by atoms with Gasteiger partial charge in [0.25, 0.3) is 11.8 Å². The monoisotopic (exact) mass is 258 g/mol. The van der Waals surface area contributed by atoms with Gasteiger partial charge in [-0.15, -0.1) is 0 Å². The van der Waals surface area contributed by atoms with Crippen LogP contribution in [0.15, 0.2) is 30.5 Å². The molecule has 1 amide bonds. The molecule has 0 aliphatic heterocycles. The number of aryl methyl sites for hydroxylation is 2. The summed E-state index contributed by atoms with van der Waals surface area (Å²) in [5.41, 5.74) is 1.79. The molecule has 6 nitrogen and oxygen atoms in total. The number of nitrogens with zero attached hydrogens (tertiary/aromatic N) is 3. The highest BCUT2D eigenvalue weighted by atomic mass is 16.2. The minimum Gasteiger partial charge on any atom is -0.342 e. The molecule has 1 N–H and O–H groups in total. The second-order valence-electron chi connectivity index (χ2n) is 4.13. The van der Waals surface area contributed by atoms with Gasteiger partial charge in [-0.2, -0.15) is 5.10 Å². The van der Waals surface area contributed by atoms with Gasteiger partial charge in [0, 0.05) is 11.9 Å². The van der Waals surface area contributed by atoms with E-state index in [0.29, 0.717) is 0 Å². The molecule has 2 aromatic rings. The van der Waals surface area contributed by atoms with Crippen LogP contribution in [0.5, 0.6) is 0 Å². The lowest BCUT2D eigenvalue weighted by Crippen LogP contribution is -2.33. The number of nitrogens with one attached hydrogen (secondary N) is 1. The van der Waals surface area contributed by atoms with Crippen molar-refractivity contribution >= 4 is 11.8 Å². The van der Waals surface area contributed by atoms with Crippen molar-refractivity contribution in [2.45, 2.75) is 13.8 Å². The van der Waals surface area contributed by atoms with E-state index in [1.165, 1.54) is 10.9 Å². The Morgan fingerprint density at radius 3 is 2.68 bits per heavy atom. The SMILES string of the molecule is Cc1cc(C)n(C(=O)CNC(=O)c2ccccn2)n1. The number of rotatable bonds is 3. The highest BCUT2D eigenvalue weighted by Crippen LogP contribution is 2.01. The van der Waals surface area contributed by atoms with E-state index in [0.717, 1.165) is 11.4 Å². The number of hydrogen-bond donors (Lipinski definition) is 1. The van der Waals surface area contributed by atoms with E-state index in [2.05, 4.69) is 15.4 Å². The van der Waals surface area contributed by atoms with Crippen LogP contribution >= 0.6 is 0 Å². The minimum atomic E-state index is -0.379. The van der Waals surface area contributed by atoms with Crippen LogP contribution in [0.4, 0.5) is 0 Å². The van der Waals surface area contributed by atoms with E-state index in [9.17, 15) is 9.59 Å². The molecule has 0 aliphatic carbocycles. The second kappa shape index (κ2) is 5.43. The highest BCUT2D eigenvalue weighted by molar-refractivity contribution is 5.95. The Balaban J connectivity index is 1.98. The predicted octanol–water partition coefficient (Wildman–Crippen LogP) is 0.965. The molecule has 0 spiro atoms. The van der Waals surface area contributed by atoms with Crippen LogP contribution in [0.25, 0.3) is 0 Å². The summed E-state index contributed by atoms with van der Waals surface area (Å²) in [4.78, 5) is 27.5. The summed E-state index contributed by atoms with van der Waals surface area (Å²) < 4.78 is 1.29. The average molecular weight is 258 g/mol. The van der Waals surface area contributed by atoms with E-state index in [-0.39, 0.29) is 24.1 Å². The molecule has 0 atom stereocenters. The normalized spacial score (nSPS) is 10.2. The molecule has 2 rings (SSSR count). The Morgan fingerprint density at radius 1 is 1.32 bits per heavy atom. The van der Waals surface area contributed by atoms with Crippen LogP contribution in [-0.4, -0.2) is 33.1 Å². The molecular weight excluding hydrogens is 244 g/mol. The number of pyridine rings is 1. The topological polar surface area (TPSA) is 76.9 Å². The van der Waals surface area contributed by atoms with Crippen molar-refractivity contribution < 1.29 is 9.59 Å². The smallest absolute Gasteiger partial charge is 0.270 e. The molecule has 0 saturated heterocycles. The lowest BCUT2D eigenvalue weighted by Gasteiger charge is -2.05. The summed E-state index contributed by atoms with van der Waals surface area (Å²) in [7, 11) is 0. The van der Waals surface area contributed by atoms with E-state index in [1.54, 1.807) is 31.2 Å². The molecule has 0 aromatic carbocycles. The molecular formula is C13H14N4O2. The Kier molecular flexibility index (Phi) is 3.70. The van der Waals surface area contributed by atoms with Crippen molar-refractivity contribution in [2.75, 3.05) is 6.54 Å². The average Bonchev–Trinajstić information content (AvgIpc) is 2.75. The molecule has 0 saturated carbocycles. The molecule has 6 heteroatoms. The molecule has 0 unspecified atom stereocenters. The second-order valence-corrected chi connectivity index (χ2v) is 4.13. The fourth-order valence-corrected chi connectivity index (χ4v) is 1.70. The third kappa shape index (κ3) is 3.04. The first kappa shape index (κ1) is 12.9. The van der Waals surface area contributed by atoms with Crippen LogP contribution in [0.1, 0.15) is 26.7 Å². The maximum absolute atomic E-state index is 11.9. The van der Waals surface area contributed by atoms with E-state index in [1.807, 2.05) is 6.92 Å². The van der Waals surface area contributed by atoms with Crippen LogP contribution in [0.3, 0.4) is 0 Å². The number of carbonyl (C=O) groups is 2. The van der Waals surface area contributed by atoms with Gasteiger partial charge in [-0.3, -0.25) is 14.6 Å². The molecule has 0 radical (unpaired) electrons. The fourth-order valence-electron chi connectivity index (χ4n) is 1.70. The summed E-state index contributed by atoms with van der Waals surface area (Å²) in [6, 6.07) is 6.82. The van der Waals surface area contributed by atoms with Gasteiger partial charge in [-0.25, -0.2) is 4.68 Å². The first-order valence-corrected chi connectivity index (χ1v) is 5.83. The van der Waals surface area contributed by atoms with Crippen molar-refractivity contribution in [2.24, 2.45) is 0 Å². The van der Waals surface area contributed by atoms with Crippen molar-refractivity contribution in [3.05, 3.63) is 47.5 Å². The molecule has 0 bridgehead atoms. The highest BCUT2D eigenvalue weighted by Gasteiger charge is 2.12. The summed E-state index contributed by atoms with van der Waals surface area (Å²) in [6.45, 7) is 3.49. The Labute approximate surface area is 110 Å². The van der Waals surface area contributed by atoms with Crippen molar-refractivity contribution in [3.8, 4) is 0 Å². The zero-order valence-electron chi connectivity index (χ0n) is 10.8. The standard InChI is InChI=1S/C13H14N4O2/c1-9-7-10(2)17(16-9)12(18)8-15-13(19)11-5-3-4-6-14-11/h3-7H,8H2,1-2H3,(H,15,19). The number of hydrogen-bond acceptors (Lipinski definition) is 4. The van der Waals surface area contributed by atoms with Crippen LogP contribution in [-0.2, 0) is 0 Å². The maximum atomic E-state index is 11.9. The Hall–Kier alpha value is -2.50. The maximum Gasteiger partial charge on any atom is 0.270 e. The number of carbonyl (C=O) groups excluding carboxylic acids is 2.